The smallest absolute Gasteiger partial charge is 0.193 e. The molecule has 0 aromatic heterocycles. The first kappa shape index (κ1) is 19.0. The van der Waals surface area contributed by atoms with E-state index in [2.05, 4.69) is 0 Å². The molecule has 0 radical (unpaired) electrons. The molecule has 0 heterocycles. The van der Waals surface area contributed by atoms with Crippen LogP contribution in [0.3, 0.4) is 0 Å². The quantitative estimate of drug-likeness (QED) is 0.380. The van der Waals surface area contributed by atoms with Gasteiger partial charge in [-0.15, -0.1) is 0 Å². The first-order chi connectivity index (χ1) is 12.2. The van der Waals surface area contributed by atoms with E-state index in [4.69, 9.17) is 30.5 Å². The average molecular weight is 363 g/mol. The highest BCUT2D eigenvalue weighted by Crippen LogP contribution is 2.30. The number of halogens is 1. The normalized spacial score (nSPS) is 10.8. The number of benzene rings is 2. The maximum absolute atomic E-state index is 12.7. The molecule has 0 aliphatic rings. The Labute approximate surface area is 151 Å². The molecule has 2 rings (SSSR count). The molecule has 0 aliphatic carbocycles. The van der Waals surface area contributed by atoms with Gasteiger partial charge in [-0.2, -0.15) is 0 Å². The van der Waals surface area contributed by atoms with Crippen molar-refractivity contribution in [3.05, 3.63) is 64.7 Å². The molecule has 0 atom stereocenters. The van der Waals surface area contributed by atoms with Crippen LogP contribution in [0.1, 0.15) is 15.9 Å². The standard InChI is InChI=1S/C19H19ClO5/c1-22-12-24-17-4-3-5-18(25-13-23-2)19(17)16(21)11-8-14-6-9-15(20)10-7-14/h3-11H,12-13H2,1-2H3/b11-8+. The zero-order chi connectivity index (χ0) is 18.1. The van der Waals surface area contributed by atoms with Gasteiger partial charge < -0.3 is 18.9 Å². The van der Waals surface area contributed by atoms with E-state index in [0.29, 0.717) is 22.1 Å². The van der Waals surface area contributed by atoms with E-state index in [-0.39, 0.29) is 19.4 Å². The molecule has 0 unspecified atom stereocenters. The molecule has 132 valence electrons. The molecule has 5 nitrogen and oxygen atoms in total. The molecule has 0 amide bonds. The third-order valence-corrected chi connectivity index (χ3v) is 3.45. The van der Waals surface area contributed by atoms with Crippen molar-refractivity contribution in [2.75, 3.05) is 27.8 Å². The van der Waals surface area contributed by atoms with Gasteiger partial charge in [0, 0.05) is 19.2 Å². The maximum atomic E-state index is 12.7. The summed E-state index contributed by atoms with van der Waals surface area (Å²) in [5.74, 6) is 0.496. The van der Waals surface area contributed by atoms with Crippen molar-refractivity contribution in [1.29, 1.82) is 0 Å². The minimum Gasteiger partial charge on any atom is -0.467 e. The summed E-state index contributed by atoms with van der Waals surface area (Å²) in [5.41, 5.74) is 1.16. The van der Waals surface area contributed by atoms with Crippen LogP contribution in [0.25, 0.3) is 6.08 Å². The predicted octanol–water partition coefficient (Wildman–Crippen LogP) is 4.20. The Bertz CT molecular complexity index is 699. The Kier molecular flexibility index (Phi) is 7.47. The Morgan fingerprint density at radius 2 is 1.52 bits per heavy atom. The van der Waals surface area contributed by atoms with E-state index in [1.807, 2.05) is 12.1 Å². The highest BCUT2D eigenvalue weighted by atomic mass is 35.5. The molecule has 0 saturated heterocycles. The summed E-state index contributed by atoms with van der Waals surface area (Å²) in [6, 6.07) is 12.3. The molecule has 0 N–H and O–H groups in total. The van der Waals surface area contributed by atoms with E-state index in [1.54, 1.807) is 36.4 Å². The summed E-state index contributed by atoms with van der Waals surface area (Å²) in [6.07, 6.45) is 3.16. The van der Waals surface area contributed by atoms with Crippen LogP contribution in [0, 0.1) is 0 Å². The van der Waals surface area contributed by atoms with Gasteiger partial charge in [0.2, 0.25) is 0 Å². The Morgan fingerprint density at radius 3 is 2.04 bits per heavy atom. The van der Waals surface area contributed by atoms with Crippen molar-refractivity contribution in [2.45, 2.75) is 0 Å². The lowest BCUT2D eigenvalue weighted by atomic mass is 10.1. The van der Waals surface area contributed by atoms with Crippen LogP contribution in [0.4, 0.5) is 0 Å². The highest BCUT2D eigenvalue weighted by Gasteiger charge is 2.17. The van der Waals surface area contributed by atoms with E-state index in [9.17, 15) is 4.79 Å². The van der Waals surface area contributed by atoms with Crippen LogP contribution < -0.4 is 9.47 Å². The second-order valence-electron chi connectivity index (χ2n) is 4.98. The lowest BCUT2D eigenvalue weighted by Crippen LogP contribution is -2.09. The fourth-order valence-electron chi connectivity index (χ4n) is 2.07. The second-order valence-corrected chi connectivity index (χ2v) is 5.42. The average Bonchev–Trinajstić information content (AvgIpc) is 2.63. The molecule has 0 saturated carbocycles. The van der Waals surface area contributed by atoms with Crippen LogP contribution in [-0.4, -0.2) is 33.6 Å². The minimum atomic E-state index is -0.257. The van der Waals surface area contributed by atoms with Gasteiger partial charge in [-0.25, -0.2) is 0 Å². The zero-order valence-corrected chi connectivity index (χ0v) is 14.8. The third kappa shape index (κ3) is 5.60. The lowest BCUT2D eigenvalue weighted by molar-refractivity contribution is 0.0447. The maximum Gasteiger partial charge on any atom is 0.193 e. The van der Waals surface area contributed by atoms with Gasteiger partial charge in [0.25, 0.3) is 0 Å². The van der Waals surface area contributed by atoms with Crippen molar-refractivity contribution in [3.63, 3.8) is 0 Å². The Hall–Kier alpha value is -2.34. The summed E-state index contributed by atoms with van der Waals surface area (Å²) in [4.78, 5) is 12.7. The van der Waals surface area contributed by atoms with Crippen molar-refractivity contribution in [1.82, 2.24) is 0 Å². The van der Waals surface area contributed by atoms with Crippen molar-refractivity contribution in [3.8, 4) is 11.5 Å². The summed E-state index contributed by atoms with van der Waals surface area (Å²) in [5, 5.41) is 0.636. The molecular weight excluding hydrogens is 344 g/mol. The first-order valence-electron chi connectivity index (χ1n) is 7.50. The van der Waals surface area contributed by atoms with Crippen LogP contribution in [0.5, 0.6) is 11.5 Å². The van der Waals surface area contributed by atoms with Gasteiger partial charge in [-0.3, -0.25) is 4.79 Å². The predicted molar refractivity (Wildman–Crippen MR) is 96.3 cm³/mol. The highest BCUT2D eigenvalue weighted by molar-refractivity contribution is 6.30. The van der Waals surface area contributed by atoms with Gasteiger partial charge in [-0.05, 0) is 35.9 Å². The number of carbonyl (C=O) groups excluding carboxylic acids is 1. The van der Waals surface area contributed by atoms with Gasteiger partial charge in [-0.1, -0.05) is 35.9 Å². The van der Waals surface area contributed by atoms with E-state index < -0.39 is 0 Å². The fourth-order valence-corrected chi connectivity index (χ4v) is 2.19. The monoisotopic (exact) mass is 362 g/mol. The molecule has 0 spiro atoms. The van der Waals surface area contributed by atoms with E-state index in [1.165, 1.54) is 20.3 Å². The number of rotatable bonds is 9. The van der Waals surface area contributed by atoms with Crippen LogP contribution in [0.2, 0.25) is 5.02 Å². The number of hydrogen-bond donors (Lipinski definition) is 0. The van der Waals surface area contributed by atoms with Crippen molar-refractivity contribution >= 4 is 23.5 Å². The van der Waals surface area contributed by atoms with E-state index >= 15 is 0 Å². The fraction of sp³-hybridized carbons (Fsp3) is 0.211. The Balaban J connectivity index is 2.29. The number of ketones is 1. The molecule has 0 bridgehead atoms. The Morgan fingerprint density at radius 1 is 0.960 bits per heavy atom. The molecular formula is C19H19ClO5. The van der Waals surface area contributed by atoms with Crippen molar-refractivity contribution < 1.29 is 23.7 Å². The number of allylic oxidation sites excluding steroid dienone is 1. The first-order valence-corrected chi connectivity index (χ1v) is 7.88. The van der Waals surface area contributed by atoms with Gasteiger partial charge in [0.05, 0.1) is 0 Å². The van der Waals surface area contributed by atoms with Crippen LogP contribution in [0.15, 0.2) is 48.5 Å². The zero-order valence-electron chi connectivity index (χ0n) is 14.0. The molecule has 2 aromatic carbocycles. The second kappa shape index (κ2) is 9.84. The number of methoxy groups -OCH3 is 2. The molecule has 0 fully saturated rings. The summed E-state index contributed by atoms with van der Waals surface area (Å²) in [7, 11) is 3.01. The van der Waals surface area contributed by atoms with Gasteiger partial charge in [0.15, 0.2) is 19.4 Å². The molecule has 0 aliphatic heterocycles. The SMILES string of the molecule is COCOc1cccc(OCOC)c1C(=O)/C=C/c1ccc(Cl)cc1. The van der Waals surface area contributed by atoms with Crippen LogP contribution in [-0.2, 0) is 9.47 Å². The van der Waals surface area contributed by atoms with E-state index in [0.717, 1.165) is 5.56 Å². The summed E-state index contributed by atoms with van der Waals surface area (Å²) >= 11 is 5.86. The summed E-state index contributed by atoms with van der Waals surface area (Å²) < 4.78 is 20.8. The van der Waals surface area contributed by atoms with Gasteiger partial charge >= 0.3 is 0 Å². The minimum absolute atomic E-state index is 0.0227. The number of carbonyl (C=O) groups is 1. The number of hydrogen-bond acceptors (Lipinski definition) is 5. The molecule has 2 aromatic rings. The van der Waals surface area contributed by atoms with Gasteiger partial charge in [0.1, 0.15) is 17.1 Å². The lowest BCUT2D eigenvalue weighted by Gasteiger charge is -2.13. The molecule has 25 heavy (non-hydrogen) atoms. The third-order valence-electron chi connectivity index (χ3n) is 3.20. The largest absolute Gasteiger partial charge is 0.467 e. The van der Waals surface area contributed by atoms with Crippen LogP contribution >= 0.6 is 11.6 Å². The summed E-state index contributed by atoms with van der Waals surface area (Å²) in [6.45, 7) is 0.0455. The topological polar surface area (TPSA) is 54.0 Å². The molecule has 6 heteroatoms. The van der Waals surface area contributed by atoms with Crippen molar-refractivity contribution in [2.24, 2.45) is 0 Å². The number of ether oxygens (including phenoxy) is 4.